The van der Waals surface area contributed by atoms with Gasteiger partial charge in [-0.15, -0.1) is 0 Å². The molecule has 2 aromatic rings. The zero-order valence-corrected chi connectivity index (χ0v) is 14.1. The van der Waals surface area contributed by atoms with Crippen LogP contribution in [0.15, 0.2) is 36.4 Å². The molecule has 0 bridgehead atoms. The van der Waals surface area contributed by atoms with E-state index >= 15 is 0 Å². The normalized spacial score (nSPS) is 14.2. The molecule has 2 amide bonds. The highest BCUT2D eigenvalue weighted by molar-refractivity contribution is 5.86. The topological polar surface area (TPSA) is 49.9 Å². The Labute approximate surface area is 141 Å². The number of hydrogen-bond acceptors (Lipinski definition) is 3. The predicted molar refractivity (Wildman–Crippen MR) is 92.8 cm³/mol. The van der Waals surface area contributed by atoms with Crippen molar-refractivity contribution in [2.24, 2.45) is 0 Å². The first kappa shape index (κ1) is 16.3. The molecule has 0 aromatic heterocycles. The number of hydrogen-bond donors (Lipinski definition) is 0. The molecule has 0 atom stereocenters. The maximum absolute atomic E-state index is 12.3. The van der Waals surface area contributed by atoms with Crippen LogP contribution in [0.4, 0.5) is 0 Å². The van der Waals surface area contributed by atoms with E-state index in [0.29, 0.717) is 19.5 Å². The molecule has 5 heteroatoms. The van der Waals surface area contributed by atoms with Gasteiger partial charge in [0.1, 0.15) is 5.75 Å². The minimum Gasteiger partial charge on any atom is -0.497 e. The SMILES string of the molecule is COc1ccc2cc(CN(C)C(=O)CN3CCCC3=O)ccc2c1. The Morgan fingerprint density at radius 2 is 1.96 bits per heavy atom. The summed E-state index contributed by atoms with van der Waals surface area (Å²) in [6.45, 7) is 1.40. The molecule has 1 fully saturated rings. The first-order valence-electron chi connectivity index (χ1n) is 8.15. The van der Waals surface area contributed by atoms with Crippen LogP contribution in [0.3, 0.4) is 0 Å². The molecule has 126 valence electrons. The minimum atomic E-state index is -0.0277. The minimum absolute atomic E-state index is 0.0277. The zero-order valence-electron chi connectivity index (χ0n) is 14.1. The van der Waals surface area contributed by atoms with Crippen molar-refractivity contribution in [3.8, 4) is 5.75 Å². The van der Waals surface area contributed by atoms with Crippen LogP contribution in [0.1, 0.15) is 18.4 Å². The van der Waals surface area contributed by atoms with Gasteiger partial charge in [0, 0.05) is 26.6 Å². The van der Waals surface area contributed by atoms with Gasteiger partial charge >= 0.3 is 0 Å². The van der Waals surface area contributed by atoms with Crippen LogP contribution in [0.25, 0.3) is 10.8 Å². The summed E-state index contributed by atoms with van der Waals surface area (Å²) in [7, 11) is 3.43. The molecule has 1 saturated heterocycles. The van der Waals surface area contributed by atoms with E-state index in [-0.39, 0.29) is 18.4 Å². The third-order valence-corrected chi connectivity index (χ3v) is 4.45. The highest BCUT2D eigenvalue weighted by Crippen LogP contribution is 2.22. The maximum Gasteiger partial charge on any atom is 0.242 e. The second kappa shape index (κ2) is 6.91. The fourth-order valence-electron chi connectivity index (χ4n) is 3.02. The Kier molecular flexibility index (Phi) is 4.69. The first-order chi connectivity index (χ1) is 11.6. The molecule has 24 heavy (non-hydrogen) atoms. The van der Waals surface area contributed by atoms with Crippen LogP contribution in [0.5, 0.6) is 5.75 Å². The summed E-state index contributed by atoms with van der Waals surface area (Å²) in [6, 6.07) is 12.1. The Balaban J connectivity index is 1.67. The van der Waals surface area contributed by atoms with Crippen LogP contribution < -0.4 is 4.74 Å². The molecule has 3 rings (SSSR count). The van der Waals surface area contributed by atoms with Crippen molar-refractivity contribution in [3.05, 3.63) is 42.0 Å². The number of carbonyl (C=O) groups is 2. The highest BCUT2D eigenvalue weighted by atomic mass is 16.5. The average molecular weight is 326 g/mol. The summed E-state index contributed by atoms with van der Waals surface area (Å²) in [4.78, 5) is 27.3. The molecule has 5 nitrogen and oxygen atoms in total. The molecule has 0 saturated carbocycles. The second-order valence-electron chi connectivity index (χ2n) is 6.22. The van der Waals surface area contributed by atoms with Gasteiger partial charge in [-0.1, -0.05) is 18.2 Å². The largest absolute Gasteiger partial charge is 0.497 e. The zero-order chi connectivity index (χ0) is 17.1. The molecule has 0 radical (unpaired) electrons. The number of fused-ring (bicyclic) bond motifs is 1. The summed E-state index contributed by atoms with van der Waals surface area (Å²) < 4.78 is 5.24. The van der Waals surface area contributed by atoms with Crippen molar-refractivity contribution in [3.63, 3.8) is 0 Å². The van der Waals surface area contributed by atoms with E-state index in [9.17, 15) is 9.59 Å². The average Bonchev–Trinajstić information content (AvgIpc) is 2.99. The van der Waals surface area contributed by atoms with Crippen LogP contribution in [-0.2, 0) is 16.1 Å². The van der Waals surface area contributed by atoms with Crippen molar-refractivity contribution < 1.29 is 14.3 Å². The molecule has 1 aliphatic heterocycles. The lowest BCUT2D eigenvalue weighted by Gasteiger charge is -2.21. The summed E-state index contributed by atoms with van der Waals surface area (Å²) >= 11 is 0. The number of rotatable bonds is 5. The van der Waals surface area contributed by atoms with Crippen LogP contribution >= 0.6 is 0 Å². The van der Waals surface area contributed by atoms with Gasteiger partial charge in [-0.3, -0.25) is 9.59 Å². The number of amides is 2. The lowest BCUT2D eigenvalue weighted by atomic mass is 10.1. The lowest BCUT2D eigenvalue weighted by molar-refractivity contribution is -0.137. The van der Waals surface area contributed by atoms with Crippen molar-refractivity contribution in [1.29, 1.82) is 0 Å². The van der Waals surface area contributed by atoms with E-state index in [1.807, 2.05) is 30.3 Å². The maximum atomic E-state index is 12.3. The van der Waals surface area contributed by atoms with Gasteiger partial charge < -0.3 is 14.5 Å². The van der Waals surface area contributed by atoms with Gasteiger partial charge in [0.2, 0.25) is 11.8 Å². The fraction of sp³-hybridized carbons (Fsp3) is 0.368. The van der Waals surface area contributed by atoms with Gasteiger partial charge in [0.25, 0.3) is 0 Å². The van der Waals surface area contributed by atoms with Crippen molar-refractivity contribution in [1.82, 2.24) is 9.80 Å². The van der Waals surface area contributed by atoms with Gasteiger partial charge in [-0.05, 0) is 41.0 Å². The molecule has 0 aliphatic carbocycles. The summed E-state index contributed by atoms with van der Waals surface area (Å²) in [5, 5.41) is 2.22. The number of benzene rings is 2. The van der Waals surface area contributed by atoms with Crippen LogP contribution in [0.2, 0.25) is 0 Å². The summed E-state index contributed by atoms with van der Waals surface area (Å²) in [6.07, 6.45) is 1.41. The van der Waals surface area contributed by atoms with Crippen molar-refractivity contribution >= 4 is 22.6 Å². The van der Waals surface area contributed by atoms with Gasteiger partial charge in [-0.2, -0.15) is 0 Å². The fourth-order valence-corrected chi connectivity index (χ4v) is 3.02. The number of methoxy groups -OCH3 is 1. The highest BCUT2D eigenvalue weighted by Gasteiger charge is 2.23. The quantitative estimate of drug-likeness (QED) is 0.848. The number of ether oxygens (including phenoxy) is 1. The number of carbonyl (C=O) groups excluding carboxylic acids is 2. The predicted octanol–water partition coefficient (Wildman–Crippen LogP) is 2.43. The first-order valence-corrected chi connectivity index (χ1v) is 8.15. The van der Waals surface area contributed by atoms with E-state index in [0.717, 1.165) is 28.5 Å². The van der Waals surface area contributed by atoms with Crippen molar-refractivity contribution in [2.75, 3.05) is 27.2 Å². The summed E-state index contributed by atoms with van der Waals surface area (Å²) in [5.74, 6) is 0.884. The Hall–Kier alpha value is -2.56. The van der Waals surface area contributed by atoms with E-state index in [2.05, 4.69) is 6.07 Å². The summed E-state index contributed by atoms with van der Waals surface area (Å²) in [5.41, 5.74) is 1.07. The van der Waals surface area contributed by atoms with E-state index in [1.165, 1.54) is 0 Å². The third-order valence-electron chi connectivity index (χ3n) is 4.45. The monoisotopic (exact) mass is 326 g/mol. The molecule has 1 heterocycles. The molecule has 0 N–H and O–H groups in total. The second-order valence-corrected chi connectivity index (χ2v) is 6.22. The molecule has 0 unspecified atom stereocenters. The van der Waals surface area contributed by atoms with Crippen LogP contribution in [0, 0.1) is 0 Å². The Bertz CT molecular complexity index is 772. The number of likely N-dealkylation sites (N-methyl/N-ethyl adjacent to an activating group) is 1. The molecular weight excluding hydrogens is 304 g/mol. The molecule has 2 aromatic carbocycles. The van der Waals surface area contributed by atoms with E-state index < -0.39 is 0 Å². The number of likely N-dealkylation sites (tertiary alicyclic amines) is 1. The van der Waals surface area contributed by atoms with Gasteiger partial charge in [0.05, 0.1) is 13.7 Å². The molecular formula is C19H22N2O3. The smallest absolute Gasteiger partial charge is 0.242 e. The van der Waals surface area contributed by atoms with E-state index in [4.69, 9.17) is 4.74 Å². The Morgan fingerprint density at radius 1 is 1.21 bits per heavy atom. The number of nitrogens with zero attached hydrogens (tertiary/aromatic N) is 2. The van der Waals surface area contributed by atoms with E-state index in [1.54, 1.807) is 24.0 Å². The van der Waals surface area contributed by atoms with Gasteiger partial charge in [0.15, 0.2) is 0 Å². The standard InChI is InChI=1S/C19H22N2O3/c1-20(19(23)13-21-9-3-4-18(21)22)12-14-5-6-16-11-17(24-2)8-7-15(16)10-14/h5-8,10-11H,3-4,9,12-13H2,1-2H3. The lowest BCUT2D eigenvalue weighted by Crippen LogP contribution is -2.38. The Morgan fingerprint density at radius 3 is 2.67 bits per heavy atom. The van der Waals surface area contributed by atoms with Crippen LogP contribution in [-0.4, -0.2) is 48.9 Å². The van der Waals surface area contributed by atoms with Crippen molar-refractivity contribution in [2.45, 2.75) is 19.4 Å². The van der Waals surface area contributed by atoms with Gasteiger partial charge in [-0.25, -0.2) is 0 Å². The molecule has 0 spiro atoms. The molecule has 1 aliphatic rings. The third kappa shape index (κ3) is 3.50.